The van der Waals surface area contributed by atoms with Crippen LogP contribution in [0.25, 0.3) is 0 Å². The van der Waals surface area contributed by atoms with E-state index in [-0.39, 0.29) is 0 Å². The van der Waals surface area contributed by atoms with Gasteiger partial charge in [0.15, 0.2) is 0 Å². The van der Waals surface area contributed by atoms with Gasteiger partial charge in [0.1, 0.15) is 0 Å². The second-order valence-electron chi connectivity index (χ2n) is 4.95. The minimum atomic E-state index is -0.444. The first-order valence-electron chi connectivity index (χ1n) is 7.33. The number of hydrogen-bond donors (Lipinski definition) is 2. The molecular formula is C16H27NO2S. The second-order valence-corrected chi connectivity index (χ2v) is 6.34. The zero-order chi connectivity index (χ0) is 14.6. The Kier molecular flexibility index (Phi) is 9.75. The van der Waals surface area contributed by atoms with Crippen LogP contribution in [-0.2, 0) is 11.3 Å². The van der Waals surface area contributed by atoms with Crippen LogP contribution in [0.1, 0.15) is 25.8 Å². The second kappa shape index (κ2) is 11.1. The molecule has 114 valence electrons. The third-order valence-electron chi connectivity index (χ3n) is 3.02. The number of hydrogen-bond acceptors (Lipinski definition) is 4. The molecule has 0 saturated heterocycles. The summed E-state index contributed by atoms with van der Waals surface area (Å²) in [5, 5.41) is 13.2. The van der Waals surface area contributed by atoms with Gasteiger partial charge in [0.2, 0.25) is 0 Å². The van der Waals surface area contributed by atoms with Crippen LogP contribution in [0.2, 0.25) is 0 Å². The average Bonchev–Trinajstić information content (AvgIpc) is 2.46. The number of aliphatic hydroxyl groups excluding tert-OH is 1. The zero-order valence-corrected chi connectivity index (χ0v) is 13.4. The average molecular weight is 297 g/mol. The largest absolute Gasteiger partial charge is 0.389 e. The summed E-state index contributed by atoms with van der Waals surface area (Å²) >= 11 is 1.95. The molecule has 0 bridgehead atoms. The van der Waals surface area contributed by atoms with E-state index in [0.717, 1.165) is 12.0 Å². The van der Waals surface area contributed by atoms with Crippen LogP contribution in [0.5, 0.6) is 0 Å². The van der Waals surface area contributed by atoms with E-state index in [4.69, 9.17) is 4.74 Å². The molecule has 0 amide bonds. The maximum absolute atomic E-state index is 9.85. The molecule has 1 aromatic carbocycles. The highest BCUT2D eigenvalue weighted by Gasteiger charge is 2.07. The van der Waals surface area contributed by atoms with Gasteiger partial charge in [0.25, 0.3) is 0 Å². The summed E-state index contributed by atoms with van der Waals surface area (Å²) < 4.78 is 5.52. The van der Waals surface area contributed by atoms with Crippen molar-refractivity contribution in [2.24, 2.45) is 0 Å². The van der Waals surface area contributed by atoms with Gasteiger partial charge in [-0.15, -0.1) is 0 Å². The van der Waals surface area contributed by atoms with Crippen LogP contribution in [0.4, 0.5) is 0 Å². The predicted octanol–water partition coefficient (Wildman–Crippen LogP) is 2.69. The zero-order valence-electron chi connectivity index (χ0n) is 12.5. The first-order valence-corrected chi connectivity index (χ1v) is 8.48. The molecule has 0 aliphatic rings. The van der Waals surface area contributed by atoms with Crippen LogP contribution >= 0.6 is 11.8 Å². The summed E-state index contributed by atoms with van der Waals surface area (Å²) in [6.45, 7) is 5.86. The van der Waals surface area contributed by atoms with Crippen LogP contribution in [0, 0.1) is 0 Å². The molecule has 0 saturated carbocycles. The van der Waals surface area contributed by atoms with Gasteiger partial charge in [-0.25, -0.2) is 0 Å². The van der Waals surface area contributed by atoms with Gasteiger partial charge in [-0.2, -0.15) is 11.8 Å². The summed E-state index contributed by atoms with van der Waals surface area (Å²) in [6, 6.07) is 10.5. The van der Waals surface area contributed by atoms with Crippen molar-refractivity contribution >= 4 is 11.8 Å². The molecule has 1 rings (SSSR count). The topological polar surface area (TPSA) is 41.5 Å². The molecule has 0 radical (unpaired) electrons. The van der Waals surface area contributed by atoms with E-state index in [1.807, 2.05) is 42.1 Å². The Bertz CT molecular complexity index is 335. The smallest absolute Gasteiger partial charge is 0.0897 e. The Hall–Kier alpha value is -0.550. The molecule has 0 aromatic heterocycles. The van der Waals surface area contributed by atoms with Gasteiger partial charge in [-0.3, -0.25) is 0 Å². The highest BCUT2D eigenvalue weighted by Crippen LogP contribution is 2.04. The molecular weight excluding hydrogens is 270 g/mol. The molecule has 1 aromatic rings. The summed E-state index contributed by atoms with van der Waals surface area (Å²) in [5.41, 5.74) is 1.14. The molecule has 0 aliphatic heterocycles. The Balaban J connectivity index is 2.04. The quantitative estimate of drug-likeness (QED) is 0.616. The predicted molar refractivity (Wildman–Crippen MR) is 87.2 cm³/mol. The third kappa shape index (κ3) is 8.59. The van der Waals surface area contributed by atoms with Crippen LogP contribution in [0.3, 0.4) is 0 Å². The van der Waals surface area contributed by atoms with Crippen molar-refractivity contribution in [2.75, 3.05) is 24.7 Å². The third-order valence-corrected chi connectivity index (χ3v) is 3.96. The lowest BCUT2D eigenvalue weighted by molar-refractivity contribution is 0.0278. The van der Waals surface area contributed by atoms with E-state index in [1.165, 1.54) is 11.5 Å². The fourth-order valence-electron chi connectivity index (χ4n) is 1.79. The first-order chi connectivity index (χ1) is 9.72. The number of aliphatic hydroxyl groups is 1. The molecule has 3 nitrogen and oxygen atoms in total. The fraction of sp³-hybridized carbons (Fsp3) is 0.625. The summed E-state index contributed by atoms with van der Waals surface area (Å²) in [7, 11) is 0. The molecule has 2 atom stereocenters. The van der Waals surface area contributed by atoms with E-state index < -0.39 is 6.10 Å². The minimum absolute atomic E-state index is 0.373. The maximum Gasteiger partial charge on any atom is 0.0897 e. The number of rotatable bonds is 11. The number of thioether (sulfide) groups is 1. The lowest BCUT2D eigenvalue weighted by Crippen LogP contribution is -2.36. The summed E-state index contributed by atoms with van der Waals surface area (Å²) in [4.78, 5) is 0. The summed E-state index contributed by atoms with van der Waals surface area (Å²) in [5.74, 6) is 2.34. The van der Waals surface area contributed by atoms with Crippen molar-refractivity contribution in [3.8, 4) is 0 Å². The van der Waals surface area contributed by atoms with E-state index >= 15 is 0 Å². The van der Waals surface area contributed by atoms with E-state index in [1.54, 1.807) is 0 Å². The lowest BCUT2D eigenvalue weighted by atomic mass is 10.2. The molecule has 0 aliphatic carbocycles. The van der Waals surface area contributed by atoms with Gasteiger partial charge < -0.3 is 15.2 Å². The Morgan fingerprint density at radius 2 is 2.05 bits per heavy atom. The molecule has 4 heteroatoms. The molecule has 2 unspecified atom stereocenters. The van der Waals surface area contributed by atoms with E-state index in [2.05, 4.69) is 19.2 Å². The standard InChI is InChI=1S/C16H27NO2S/c1-3-20-10-9-14(2)17-11-16(18)13-19-12-15-7-5-4-6-8-15/h4-8,14,16-18H,3,9-13H2,1-2H3. The van der Waals surface area contributed by atoms with E-state index in [0.29, 0.717) is 25.8 Å². The Morgan fingerprint density at radius 3 is 2.75 bits per heavy atom. The molecule has 2 N–H and O–H groups in total. The number of nitrogens with one attached hydrogen (secondary N) is 1. The lowest BCUT2D eigenvalue weighted by Gasteiger charge is -2.17. The van der Waals surface area contributed by atoms with Gasteiger partial charge in [0, 0.05) is 12.6 Å². The van der Waals surface area contributed by atoms with Crippen LogP contribution in [0.15, 0.2) is 30.3 Å². The highest BCUT2D eigenvalue weighted by atomic mass is 32.2. The highest BCUT2D eigenvalue weighted by molar-refractivity contribution is 7.99. The van der Waals surface area contributed by atoms with E-state index in [9.17, 15) is 5.11 Å². The van der Waals surface area contributed by atoms with Crippen molar-refractivity contribution < 1.29 is 9.84 Å². The van der Waals surface area contributed by atoms with Crippen molar-refractivity contribution in [2.45, 2.75) is 39.0 Å². The van der Waals surface area contributed by atoms with Crippen LogP contribution < -0.4 is 5.32 Å². The van der Waals surface area contributed by atoms with Gasteiger partial charge in [0.05, 0.1) is 19.3 Å². The van der Waals surface area contributed by atoms with Crippen molar-refractivity contribution in [3.63, 3.8) is 0 Å². The first kappa shape index (κ1) is 17.5. The van der Waals surface area contributed by atoms with Crippen molar-refractivity contribution in [3.05, 3.63) is 35.9 Å². The summed E-state index contributed by atoms with van der Waals surface area (Å²) in [6.07, 6.45) is 0.691. The van der Waals surface area contributed by atoms with Crippen LogP contribution in [-0.4, -0.2) is 41.9 Å². The van der Waals surface area contributed by atoms with Crippen molar-refractivity contribution in [1.29, 1.82) is 0 Å². The fourth-order valence-corrected chi connectivity index (χ4v) is 2.60. The monoisotopic (exact) mass is 297 g/mol. The van der Waals surface area contributed by atoms with Crippen molar-refractivity contribution in [1.82, 2.24) is 5.32 Å². The normalized spacial score (nSPS) is 14.2. The van der Waals surface area contributed by atoms with Gasteiger partial charge >= 0.3 is 0 Å². The molecule has 0 spiro atoms. The number of benzene rings is 1. The maximum atomic E-state index is 9.85. The number of ether oxygens (including phenoxy) is 1. The molecule has 20 heavy (non-hydrogen) atoms. The van der Waals surface area contributed by atoms with Gasteiger partial charge in [-0.1, -0.05) is 37.3 Å². The SMILES string of the molecule is CCSCCC(C)NCC(O)COCc1ccccc1. The van der Waals surface area contributed by atoms with Gasteiger partial charge in [-0.05, 0) is 30.4 Å². The Labute approximate surface area is 127 Å². The molecule has 0 fully saturated rings. The Morgan fingerprint density at radius 1 is 1.30 bits per heavy atom. The minimum Gasteiger partial charge on any atom is -0.389 e. The molecule has 0 heterocycles.